The number of imide groups is 1. The maximum absolute atomic E-state index is 13.3. The molecule has 0 saturated heterocycles. The predicted octanol–water partition coefficient (Wildman–Crippen LogP) is 4.77. The SMILES string of the molecule is O=C1C(SCc2ccco2)=C(c2ccc(F)cc2)C(=O)N1Cc1ccc(F)cc1. The molecule has 0 fully saturated rings. The van der Waals surface area contributed by atoms with Gasteiger partial charge in [-0.1, -0.05) is 24.3 Å². The summed E-state index contributed by atoms with van der Waals surface area (Å²) >= 11 is 1.20. The first-order valence-corrected chi connectivity index (χ1v) is 9.77. The average Bonchev–Trinajstić information content (AvgIpc) is 3.31. The summed E-state index contributed by atoms with van der Waals surface area (Å²) in [5, 5.41) is 0. The molecule has 0 bridgehead atoms. The molecule has 0 saturated carbocycles. The monoisotopic (exact) mass is 411 g/mol. The summed E-state index contributed by atoms with van der Waals surface area (Å²) in [5.41, 5.74) is 1.32. The minimum absolute atomic E-state index is 0.0213. The van der Waals surface area contributed by atoms with E-state index in [9.17, 15) is 18.4 Å². The lowest BCUT2D eigenvalue weighted by atomic mass is 10.1. The lowest BCUT2D eigenvalue weighted by Crippen LogP contribution is -2.30. The van der Waals surface area contributed by atoms with E-state index >= 15 is 0 Å². The Hall–Kier alpha value is -3.19. The van der Waals surface area contributed by atoms with E-state index in [4.69, 9.17) is 4.42 Å². The second-order valence-electron chi connectivity index (χ2n) is 6.40. The number of carbonyl (C=O) groups excluding carboxylic acids is 2. The molecule has 0 N–H and O–H groups in total. The summed E-state index contributed by atoms with van der Waals surface area (Å²) < 4.78 is 31.8. The molecular formula is C22H15F2NO3S. The van der Waals surface area contributed by atoms with E-state index < -0.39 is 23.4 Å². The van der Waals surface area contributed by atoms with Crippen LogP contribution in [0.5, 0.6) is 0 Å². The van der Waals surface area contributed by atoms with Gasteiger partial charge in [0.2, 0.25) is 0 Å². The van der Waals surface area contributed by atoms with Crippen LogP contribution in [0.25, 0.3) is 5.57 Å². The highest BCUT2D eigenvalue weighted by molar-refractivity contribution is 8.03. The predicted molar refractivity (Wildman–Crippen MR) is 105 cm³/mol. The number of benzene rings is 2. The molecule has 7 heteroatoms. The van der Waals surface area contributed by atoms with E-state index in [2.05, 4.69) is 0 Å². The minimum atomic E-state index is -0.465. The number of carbonyl (C=O) groups is 2. The Kier molecular flexibility index (Phi) is 5.31. The van der Waals surface area contributed by atoms with Crippen molar-refractivity contribution >= 4 is 29.1 Å². The van der Waals surface area contributed by atoms with Gasteiger partial charge in [0.25, 0.3) is 11.8 Å². The Balaban J connectivity index is 1.66. The fourth-order valence-electron chi connectivity index (χ4n) is 3.01. The zero-order valence-corrected chi connectivity index (χ0v) is 15.9. The molecule has 2 aromatic carbocycles. The van der Waals surface area contributed by atoms with Crippen molar-refractivity contribution in [3.63, 3.8) is 0 Å². The number of thioether (sulfide) groups is 1. The standard InChI is InChI=1S/C22H15F2NO3S/c23-16-7-3-14(4-8-16)12-25-21(26)19(15-5-9-17(24)10-6-15)20(22(25)27)29-13-18-2-1-11-28-18/h1-11H,12-13H2. The highest BCUT2D eigenvalue weighted by atomic mass is 32.2. The molecule has 0 aliphatic carbocycles. The topological polar surface area (TPSA) is 50.5 Å². The van der Waals surface area contributed by atoms with Gasteiger partial charge in [-0.15, -0.1) is 11.8 Å². The molecule has 3 aromatic rings. The summed E-state index contributed by atoms with van der Waals surface area (Å²) in [4.78, 5) is 27.5. The third kappa shape index (κ3) is 4.00. The smallest absolute Gasteiger partial charge is 0.268 e. The molecule has 146 valence electrons. The molecule has 4 nitrogen and oxygen atoms in total. The molecular weight excluding hydrogens is 396 g/mol. The lowest BCUT2D eigenvalue weighted by molar-refractivity contribution is -0.137. The van der Waals surface area contributed by atoms with Crippen molar-refractivity contribution in [3.05, 3.63) is 100 Å². The van der Waals surface area contributed by atoms with Crippen LogP contribution in [-0.4, -0.2) is 16.7 Å². The van der Waals surface area contributed by atoms with Crippen molar-refractivity contribution in [1.29, 1.82) is 0 Å². The van der Waals surface area contributed by atoms with E-state index in [0.29, 0.717) is 22.6 Å². The van der Waals surface area contributed by atoms with Gasteiger partial charge in [0.15, 0.2) is 0 Å². The van der Waals surface area contributed by atoms with Crippen LogP contribution in [0.4, 0.5) is 8.78 Å². The normalized spacial score (nSPS) is 14.2. The van der Waals surface area contributed by atoms with Gasteiger partial charge in [0.1, 0.15) is 17.4 Å². The molecule has 0 atom stereocenters. The van der Waals surface area contributed by atoms with Gasteiger partial charge in [0.05, 0.1) is 29.0 Å². The fourth-order valence-corrected chi connectivity index (χ4v) is 4.05. The van der Waals surface area contributed by atoms with E-state index in [0.717, 1.165) is 4.90 Å². The molecule has 0 radical (unpaired) electrons. The van der Waals surface area contributed by atoms with Crippen molar-refractivity contribution in [2.75, 3.05) is 0 Å². The van der Waals surface area contributed by atoms with Crippen LogP contribution in [0.2, 0.25) is 0 Å². The maximum atomic E-state index is 13.3. The van der Waals surface area contributed by atoms with Gasteiger partial charge < -0.3 is 4.42 Å². The molecule has 4 rings (SSSR count). The number of amides is 2. The molecule has 2 amide bonds. The molecule has 0 spiro atoms. The van der Waals surface area contributed by atoms with Crippen LogP contribution in [0, 0.1) is 11.6 Å². The van der Waals surface area contributed by atoms with Gasteiger partial charge in [-0.05, 0) is 47.5 Å². The summed E-state index contributed by atoms with van der Waals surface area (Å²) in [6.45, 7) is 0.0213. The number of hydrogen-bond acceptors (Lipinski definition) is 4. The highest BCUT2D eigenvalue weighted by Crippen LogP contribution is 2.38. The van der Waals surface area contributed by atoms with Gasteiger partial charge in [0, 0.05) is 0 Å². The average molecular weight is 411 g/mol. The number of nitrogens with zero attached hydrogens (tertiary/aromatic N) is 1. The summed E-state index contributed by atoms with van der Waals surface area (Å²) in [7, 11) is 0. The number of rotatable bonds is 6. The van der Waals surface area contributed by atoms with Gasteiger partial charge in [-0.3, -0.25) is 14.5 Å². The van der Waals surface area contributed by atoms with Crippen LogP contribution >= 0.6 is 11.8 Å². The first-order valence-electron chi connectivity index (χ1n) is 8.79. The lowest BCUT2D eigenvalue weighted by Gasteiger charge is -2.15. The van der Waals surface area contributed by atoms with Crippen molar-refractivity contribution in [1.82, 2.24) is 4.90 Å². The Morgan fingerprint density at radius 3 is 2.14 bits per heavy atom. The minimum Gasteiger partial charge on any atom is -0.468 e. The highest BCUT2D eigenvalue weighted by Gasteiger charge is 2.39. The quantitative estimate of drug-likeness (QED) is 0.548. The van der Waals surface area contributed by atoms with Crippen molar-refractivity contribution in [2.45, 2.75) is 12.3 Å². The van der Waals surface area contributed by atoms with Crippen LogP contribution < -0.4 is 0 Å². The van der Waals surface area contributed by atoms with Crippen molar-refractivity contribution in [2.24, 2.45) is 0 Å². The van der Waals surface area contributed by atoms with E-state index in [1.807, 2.05) is 0 Å². The molecule has 1 aliphatic heterocycles. The molecule has 29 heavy (non-hydrogen) atoms. The van der Waals surface area contributed by atoms with Crippen LogP contribution in [0.15, 0.2) is 76.2 Å². The molecule has 1 aromatic heterocycles. The zero-order valence-electron chi connectivity index (χ0n) is 15.1. The third-order valence-electron chi connectivity index (χ3n) is 4.45. The summed E-state index contributed by atoms with van der Waals surface area (Å²) in [6.07, 6.45) is 1.54. The number of halogens is 2. The Morgan fingerprint density at radius 2 is 1.52 bits per heavy atom. The second kappa shape index (κ2) is 8.05. The Bertz CT molecular complexity index is 1070. The Labute approximate surface area is 169 Å². The van der Waals surface area contributed by atoms with Gasteiger partial charge in [-0.2, -0.15) is 0 Å². The second-order valence-corrected chi connectivity index (χ2v) is 7.39. The van der Waals surface area contributed by atoms with Gasteiger partial charge >= 0.3 is 0 Å². The largest absolute Gasteiger partial charge is 0.468 e. The summed E-state index contributed by atoms with van der Waals surface area (Å²) in [5.74, 6) is -0.691. The molecule has 1 aliphatic rings. The van der Waals surface area contributed by atoms with E-state index in [1.165, 1.54) is 66.6 Å². The van der Waals surface area contributed by atoms with E-state index in [-0.39, 0.29) is 17.0 Å². The Morgan fingerprint density at radius 1 is 0.862 bits per heavy atom. The van der Waals surface area contributed by atoms with Crippen LogP contribution in [0.3, 0.4) is 0 Å². The third-order valence-corrected chi connectivity index (χ3v) is 5.55. The first-order chi connectivity index (χ1) is 14.0. The fraction of sp³-hybridized carbons (Fsp3) is 0.0909. The van der Waals surface area contributed by atoms with Crippen LogP contribution in [-0.2, 0) is 21.9 Å². The maximum Gasteiger partial charge on any atom is 0.268 e. The van der Waals surface area contributed by atoms with Crippen LogP contribution in [0.1, 0.15) is 16.9 Å². The van der Waals surface area contributed by atoms with Crippen molar-refractivity contribution < 1.29 is 22.8 Å². The van der Waals surface area contributed by atoms with Gasteiger partial charge in [-0.25, -0.2) is 8.78 Å². The number of furan rings is 1. The van der Waals surface area contributed by atoms with Crippen molar-refractivity contribution in [3.8, 4) is 0 Å². The summed E-state index contributed by atoms with van der Waals surface area (Å²) in [6, 6.07) is 14.6. The number of hydrogen-bond donors (Lipinski definition) is 0. The zero-order chi connectivity index (χ0) is 20.4. The molecule has 2 heterocycles. The van der Waals surface area contributed by atoms with E-state index in [1.54, 1.807) is 12.1 Å². The molecule has 0 unspecified atom stereocenters. The first kappa shape index (κ1) is 19.1.